The van der Waals surface area contributed by atoms with Gasteiger partial charge in [0, 0.05) is 37.8 Å². The fourth-order valence-corrected chi connectivity index (χ4v) is 3.91. The summed E-state index contributed by atoms with van der Waals surface area (Å²) >= 11 is 0. The number of hydrogen-bond acceptors (Lipinski definition) is 5. The molecule has 8 nitrogen and oxygen atoms in total. The van der Waals surface area contributed by atoms with E-state index in [1.54, 1.807) is 19.1 Å². The summed E-state index contributed by atoms with van der Waals surface area (Å²) < 4.78 is 38.7. The van der Waals surface area contributed by atoms with E-state index in [1.807, 2.05) is 0 Å². The van der Waals surface area contributed by atoms with Crippen LogP contribution in [0.1, 0.15) is 13.0 Å². The van der Waals surface area contributed by atoms with Crippen molar-refractivity contribution in [1.82, 2.24) is 19.0 Å². The molecule has 150 valence electrons. The average Bonchev–Trinajstić information content (AvgIpc) is 2.67. The highest BCUT2D eigenvalue weighted by molar-refractivity contribution is 7.88. The van der Waals surface area contributed by atoms with Gasteiger partial charge in [0.05, 0.1) is 11.9 Å². The zero-order valence-electron chi connectivity index (χ0n) is 15.6. The largest absolute Gasteiger partial charge is 0.338 e. The standard InChI is InChI=1S/C18H21FN4O4S/c1-13(18(25)21-9-11-22(12-10-21)28(2,26)27)23-17(24)8-7-16(20-23)14-3-5-15(19)6-4-14/h3-8,13H,9-12H2,1-2H3. The lowest BCUT2D eigenvalue weighted by Gasteiger charge is -2.34. The molecule has 1 aliphatic rings. The number of rotatable bonds is 4. The molecule has 1 aliphatic heterocycles. The van der Waals surface area contributed by atoms with Crippen molar-refractivity contribution in [2.75, 3.05) is 32.4 Å². The second kappa shape index (κ2) is 7.80. The van der Waals surface area contributed by atoms with E-state index in [0.717, 1.165) is 10.9 Å². The minimum atomic E-state index is -3.29. The number of hydrogen-bond donors (Lipinski definition) is 0. The van der Waals surface area contributed by atoms with E-state index in [9.17, 15) is 22.4 Å². The predicted octanol–water partition coefficient (Wildman–Crippen LogP) is 0.714. The number of amides is 1. The Balaban J connectivity index is 1.79. The molecule has 10 heteroatoms. The molecular weight excluding hydrogens is 387 g/mol. The number of halogens is 1. The SMILES string of the molecule is CC(C(=O)N1CCN(S(C)(=O)=O)CC1)n1nc(-c2ccc(F)cc2)ccc1=O. The highest BCUT2D eigenvalue weighted by Gasteiger charge is 2.29. The zero-order chi connectivity index (χ0) is 20.5. The molecule has 0 saturated carbocycles. The summed E-state index contributed by atoms with van der Waals surface area (Å²) in [5, 5.41) is 4.27. The van der Waals surface area contributed by atoms with Crippen LogP contribution in [-0.4, -0.2) is 65.7 Å². The molecule has 28 heavy (non-hydrogen) atoms. The number of carbonyl (C=O) groups excluding carboxylic acids is 1. The molecule has 2 aromatic rings. The number of benzene rings is 1. The highest BCUT2D eigenvalue weighted by Crippen LogP contribution is 2.17. The van der Waals surface area contributed by atoms with Gasteiger partial charge >= 0.3 is 0 Å². The van der Waals surface area contributed by atoms with Crippen molar-refractivity contribution in [3.63, 3.8) is 0 Å². The van der Waals surface area contributed by atoms with Gasteiger partial charge in [0.2, 0.25) is 15.9 Å². The Morgan fingerprint density at radius 3 is 2.25 bits per heavy atom. The summed E-state index contributed by atoms with van der Waals surface area (Å²) in [6.07, 6.45) is 1.14. The first-order valence-corrected chi connectivity index (χ1v) is 10.6. The van der Waals surface area contributed by atoms with Crippen molar-refractivity contribution in [3.8, 4) is 11.3 Å². The smallest absolute Gasteiger partial charge is 0.267 e. The summed E-state index contributed by atoms with van der Waals surface area (Å²) in [4.78, 5) is 26.6. The Hall–Kier alpha value is -2.59. The van der Waals surface area contributed by atoms with Crippen LogP contribution in [0.5, 0.6) is 0 Å². The van der Waals surface area contributed by atoms with Gasteiger partial charge in [0.25, 0.3) is 5.56 Å². The van der Waals surface area contributed by atoms with E-state index < -0.39 is 21.6 Å². The highest BCUT2D eigenvalue weighted by atomic mass is 32.2. The van der Waals surface area contributed by atoms with Gasteiger partial charge in [0.1, 0.15) is 11.9 Å². The van der Waals surface area contributed by atoms with Gasteiger partial charge in [-0.25, -0.2) is 17.5 Å². The van der Waals surface area contributed by atoms with E-state index in [0.29, 0.717) is 11.3 Å². The number of sulfonamides is 1. The Morgan fingerprint density at radius 2 is 1.68 bits per heavy atom. The fraction of sp³-hybridized carbons (Fsp3) is 0.389. The molecule has 1 amide bonds. The summed E-state index contributed by atoms with van der Waals surface area (Å²) in [6, 6.07) is 7.67. The number of aromatic nitrogens is 2. The number of carbonyl (C=O) groups is 1. The first-order chi connectivity index (χ1) is 13.2. The van der Waals surface area contributed by atoms with E-state index >= 15 is 0 Å². The summed E-state index contributed by atoms with van der Waals surface area (Å²) in [7, 11) is -3.29. The number of piperazine rings is 1. The van der Waals surface area contributed by atoms with Gasteiger partial charge < -0.3 is 4.90 Å². The molecule has 1 unspecified atom stereocenters. The minimum Gasteiger partial charge on any atom is -0.338 e. The van der Waals surface area contributed by atoms with Gasteiger partial charge in [-0.3, -0.25) is 9.59 Å². The van der Waals surface area contributed by atoms with Gasteiger partial charge in [-0.15, -0.1) is 0 Å². The van der Waals surface area contributed by atoms with Gasteiger partial charge in [-0.1, -0.05) is 0 Å². The van der Waals surface area contributed by atoms with Crippen LogP contribution in [0.25, 0.3) is 11.3 Å². The van der Waals surface area contributed by atoms with Gasteiger partial charge in [-0.05, 0) is 37.3 Å². The Labute approximate surface area is 162 Å². The van der Waals surface area contributed by atoms with Crippen LogP contribution in [0.4, 0.5) is 4.39 Å². The summed E-state index contributed by atoms with van der Waals surface area (Å²) in [5.74, 6) is -0.687. The molecule has 0 spiro atoms. The lowest BCUT2D eigenvalue weighted by molar-refractivity contribution is -0.135. The second-order valence-corrected chi connectivity index (χ2v) is 8.65. The van der Waals surface area contributed by atoms with E-state index in [2.05, 4.69) is 5.10 Å². The molecule has 1 atom stereocenters. The zero-order valence-corrected chi connectivity index (χ0v) is 16.4. The van der Waals surface area contributed by atoms with Crippen LogP contribution in [0, 0.1) is 5.82 Å². The molecule has 0 N–H and O–H groups in total. The topological polar surface area (TPSA) is 92.6 Å². The lowest BCUT2D eigenvalue weighted by Crippen LogP contribution is -2.52. The van der Waals surface area contributed by atoms with Crippen LogP contribution in [-0.2, 0) is 14.8 Å². The minimum absolute atomic E-state index is 0.217. The molecule has 0 radical (unpaired) electrons. The normalized spacial score (nSPS) is 16.8. The predicted molar refractivity (Wildman–Crippen MR) is 102 cm³/mol. The molecule has 1 aromatic heterocycles. The molecule has 1 aromatic carbocycles. The average molecular weight is 408 g/mol. The van der Waals surface area contributed by atoms with Crippen LogP contribution < -0.4 is 5.56 Å². The van der Waals surface area contributed by atoms with Gasteiger partial charge in [-0.2, -0.15) is 9.40 Å². The van der Waals surface area contributed by atoms with Crippen molar-refractivity contribution < 1.29 is 17.6 Å². The maximum Gasteiger partial charge on any atom is 0.267 e. The molecule has 0 bridgehead atoms. The third-order valence-corrected chi connectivity index (χ3v) is 6.01. The lowest BCUT2D eigenvalue weighted by atomic mass is 10.1. The monoisotopic (exact) mass is 408 g/mol. The van der Waals surface area contributed by atoms with Gasteiger partial charge in [0.15, 0.2) is 0 Å². The quantitative estimate of drug-likeness (QED) is 0.743. The Morgan fingerprint density at radius 1 is 1.07 bits per heavy atom. The second-order valence-electron chi connectivity index (χ2n) is 6.67. The van der Waals surface area contributed by atoms with Crippen molar-refractivity contribution in [2.45, 2.75) is 13.0 Å². The van der Waals surface area contributed by atoms with Crippen LogP contribution in [0.15, 0.2) is 41.2 Å². The van der Waals surface area contributed by atoms with Crippen molar-refractivity contribution in [1.29, 1.82) is 0 Å². The molecule has 0 aliphatic carbocycles. The molecule has 2 heterocycles. The van der Waals surface area contributed by atoms with Crippen LogP contribution in [0.3, 0.4) is 0 Å². The Kier molecular flexibility index (Phi) is 5.61. The first kappa shape index (κ1) is 20.2. The fourth-order valence-electron chi connectivity index (χ4n) is 3.09. The maximum atomic E-state index is 13.1. The van der Waals surface area contributed by atoms with Crippen LogP contribution >= 0.6 is 0 Å². The van der Waals surface area contributed by atoms with E-state index in [1.165, 1.54) is 33.5 Å². The Bertz CT molecular complexity index is 1030. The van der Waals surface area contributed by atoms with Crippen molar-refractivity contribution >= 4 is 15.9 Å². The van der Waals surface area contributed by atoms with E-state index in [-0.39, 0.29) is 37.9 Å². The van der Waals surface area contributed by atoms with Crippen molar-refractivity contribution in [3.05, 3.63) is 52.6 Å². The molecular formula is C18H21FN4O4S. The van der Waals surface area contributed by atoms with Crippen LogP contribution in [0.2, 0.25) is 0 Å². The molecule has 1 fully saturated rings. The summed E-state index contributed by atoms with van der Waals surface area (Å²) in [5.41, 5.74) is 0.638. The maximum absolute atomic E-state index is 13.1. The van der Waals surface area contributed by atoms with Crippen molar-refractivity contribution in [2.24, 2.45) is 0 Å². The molecule has 1 saturated heterocycles. The molecule has 3 rings (SSSR count). The third-order valence-electron chi connectivity index (χ3n) is 4.71. The van der Waals surface area contributed by atoms with E-state index in [4.69, 9.17) is 0 Å². The first-order valence-electron chi connectivity index (χ1n) is 8.76. The number of nitrogens with zero attached hydrogens (tertiary/aromatic N) is 4. The third kappa shape index (κ3) is 4.28. The summed E-state index contributed by atoms with van der Waals surface area (Å²) in [6.45, 7) is 2.52.